The second-order valence-electron chi connectivity index (χ2n) is 7.05. The average molecular weight is 387 g/mol. The van der Waals surface area contributed by atoms with E-state index in [1.807, 2.05) is 6.20 Å². The van der Waals surface area contributed by atoms with Crippen LogP contribution in [0.2, 0.25) is 0 Å². The van der Waals surface area contributed by atoms with Gasteiger partial charge in [0.15, 0.2) is 5.65 Å². The van der Waals surface area contributed by atoms with Crippen molar-refractivity contribution in [2.24, 2.45) is 0 Å². The molecule has 28 heavy (non-hydrogen) atoms. The van der Waals surface area contributed by atoms with E-state index < -0.39 is 0 Å². The summed E-state index contributed by atoms with van der Waals surface area (Å²) >= 11 is 0. The SMILES string of the molecule is c1nc(N2CCOCC2)nc2nc(N3CCOCC3)nc(N3CCOCC3)c12. The third kappa shape index (κ3) is 3.54. The van der Waals surface area contributed by atoms with Gasteiger partial charge in [-0.3, -0.25) is 0 Å². The van der Waals surface area contributed by atoms with Crippen LogP contribution in [0, 0.1) is 0 Å². The minimum Gasteiger partial charge on any atom is -0.378 e. The first-order valence-corrected chi connectivity index (χ1v) is 9.91. The molecule has 150 valence electrons. The topological polar surface area (TPSA) is 89.0 Å². The summed E-state index contributed by atoms with van der Waals surface area (Å²) in [5.74, 6) is 2.31. The molecule has 3 aliphatic heterocycles. The van der Waals surface area contributed by atoms with E-state index in [1.165, 1.54) is 0 Å². The van der Waals surface area contributed by atoms with Crippen molar-refractivity contribution in [3.63, 3.8) is 0 Å². The lowest BCUT2D eigenvalue weighted by atomic mass is 10.3. The molecule has 5 heterocycles. The Kier molecular flexibility index (Phi) is 5.06. The van der Waals surface area contributed by atoms with Crippen molar-refractivity contribution in [3.8, 4) is 0 Å². The zero-order valence-corrected chi connectivity index (χ0v) is 15.9. The summed E-state index contributed by atoms with van der Waals surface area (Å²) < 4.78 is 16.4. The summed E-state index contributed by atoms with van der Waals surface area (Å²) in [5, 5.41) is 0.885. The molecule has 0 N–H and O–H groups in total. The first-order valence-electron chi connectivity index (χ1n) is 9.91. The molecule has 0 bridgehead atoms. The van der Waals surface area contributed by atoms with Crippen molar-refractivity contribution in [3.05, 3.63) is 6.20 Å². The molecule has 0 spiro atoms. The van der Waals surface area contributed by atoms with Crippen LogP contribution in [0.5, 0.6) is 0 Å². The molecule has 0 aromatic carbocycles. The first-order chi connectivity index (χ1) is 13.9. The van der Waals surface area contributed by atoms with Crippen molar-refractivity contribution in [2.75, 3.05) is 93.6 Å². The standard InChI is InChI=1S/C18H25N7O3/c1-7-26-8-2-23(1)16-14-13-19-17(24-3-9-27-10-4-24)20-15(14)21-18(22-16)25-5-11-28-12-6-25/h13H,1-12H2. The molecule has 0 saturated carbocycles. The van der Waals surface area contributed by atoms with Crippen LogP contribution in [-0.2, 0) is 14.2 Å². The molecular weight excluding hydrogens is 362 g/mol. The number of morpholine rings is 3. The number of anilines is 3. The number of hydrogen-bond acceptors (Lipinski definition) is 10. The van der Waals surface area contributed by atoms with E-state index >= 15 is 0 Å². The molecule has 3 aliphatic rings. The van der Waals surface area contributed by atoms with Gasteiger partial charge in [0, 0.05) is 45.5 Å². The minimum atomic E-state index is 0.689. The van der Waals surface area contributed by atoms with E-state index in [2.05, 4.69) is 19.7 Å². The van der Waals surface area contributed by atoms with E-state index in [0.717, 1.165) is 50.5 Å². The van der Waals surface area contributed by atoms with Crippen LogP contribution in [-0.4, -0.2) is 98.8 Å². The fourth-order valence-corrected chi connectivity index (χ4v) is 3.72. The Morgan fingerprint density at radius 2 is 1.11 bits per heavy atom. The lowest BCUT2D eigenvalue weighted by molar-refractivity contribution is 0.121. The highest BCUT2D eigenvalue weighted by molar-refractivity contribution is 5.88. The summed E-state index contributed by atoms with van der Waals surface area (Å²) in [7, 11) is 0. The average Bonchev–Trinajstić information content (AvgIpc) is 2.79. The van der Waals surface area contributed by atoms with Crippen molar-refractivity contribution >= 4 is 28.7 Å². The maximum absolute atomic E-state index is 5.52. The highest BCUT2D eigenvalue weighted by Gasteiger charge is 2.23. The number of nitrogens with zero attached hydrogens (tertiary/aromatic N) is 7. The van der Waals surface area contributed by atoms with Crippen LogP contribution in [0.4, 0.5) is 17.7 Å². The van der Waals surface area contributed by atoms with E-state index in [9.17, 15) is 0 Å². The molecule has 0 atom stereocenters. The number of rotatable bonds is 3. The van der Waals surface area contributed by atoms with Crippen LogP contribution < -0.4 is 14.7 Å². The molecule has 3 fully saturated rings. The van der Waals surface area contributed by atoms with E-state index in [4.69, 9.17) is 29.2 Å². The van der Waals surface area contributed by atoms with Gasteiger partial charge in [-0.15, -0.1) is 0 Å². The molecule has 5 rings (SSSR count). The van der Waals surface area contributed by atoms with Gasteiger partial charge in [-0.25, -0.2) is 4.98 Å². The number of aromatic nitrogens is 4. The van der Waals surface area contributed by atoms with Gasteiger partial charge < -0.3 is 28.9 Å². The highest BCUT2D eigenvalue weighted by Crippen LogP contribution is 2.27. The summed E-state index contributed by atoms with van der Waals surface area (Å²) in [4.78, 5) is 25.7. The van der Waals surface area contributed by atoms with Gasteiger partial charge >= 0.3 is 0 Å². The van der Waals surface area contributed by atoms with Gasteiger partial charge in [0.25, 0.3) is 0 Å². The second kappa shape index (κ2) is 7.98. The Balaban J connectivity index is 1.56. The summed E-state index contributed by atoms with van der Waals surface area (Å²) in [5.41, 5.74) is 0.689. The van der Waals surface area contributed by atoms with Gasteiger partial charge in [0.05, 0.1) is 45.0 Å². The third-order valence-corrected chi connectivity index (χ3v) is 5.31. The van der Waals surface area contributed by atoms with Crippen molar-refractivity contribution in [1.29, 1.82) is 0 Å². The van der Waals surface area contributed by atoms with E-state index in [0.29, 0.717) is 57.2 Å². The fourth-order valence-electron chi connectivity index (χ4n) is 3.72. The third-order valence-electron chi connectivity index (χ3n) is 5.31. The number of fused-ring (bicyclic) bond motifs is 1. The Morgan fingerprint density at radius 1 is 0.607 bits per heavy atom. The lowest BCUT2D eigenvalue weighted by Gasteiger charge is -2.31. The summed E-state index contributed by atoms with van der Waals surface area (Å²) in [6.07, 6.45) is 1.86. The molecule has 0 radical (unpaired) electrons. The van der Waals surface area contributed by atoms with Crippen molar-refractivity contribution in [2.45, 2.75) is 0 Å². The molecular formula is C18H25N7O3. The van der Waals surface area contributed by atoms with E-state index in [-0.39, 0.29) is 0 Å². The Morgan fingerprint density at radius 3 is 1.71 bits per heavy atom. The van der Waals surface area contributed by atoms with Crippen LogP contribution in [0.1, 0.15) is 0 Å². The molecule has 0 amide bonds. The van der Waals surface area contributed by atoms with Crippen molar-refractivity contribution in [1.82, 2.24) is 19.9 Å². The number of ether oxygens (including phenoxy) is 3. The van der Waals surface area contributed by atoms with Crippen LogP contribution >= 0.6 is 0 Å². The van der Waals surface area contributed by atoms with Gasteiger partial charge in [0.1, 0.15) is 5.82 Å². The molecule has 2 aromatic heterocycles. The Bertz CT molecular complexity index is 813. The predicted molar refractivity (Wildman–Crippen MR) is 104 cm³/mol. The largest absolute Gasteiger partial charge is 0.378 e. The monoisotopic (exact) mass is 387 g/mol. The van der Waals surface area contributed by atoms with Gasteiger partial charge in [-0.05, 0) is 0 Å². The smallest absolute Gasteiger partial charge is 0.229 e. The maximum atomic E-state index is 5.52. The highest BCUT2D eigenvalue weighted by atomic mass is 16.5. The van der Waals surface area contributed by atoms with Crippen molar-refractivity contribution < 1.29 is 14.2 Å². The quantitative estimate of drug-likeness (QED) is 0.713. The van der Waals surface area contributed by atoms with Crippen LogP contribution in [0.15, 0.2) is 6.20 Å². The zero-order valence-electron chi connectivity index (χ0n) is 15.9. The van der Waals surface area contributed by atoms with Crippen LogP contribution in [0.3, 0.4) is 0 Å². The van der Waals surface area contributed by atoms with E-state index in [1.54, 1.807) is 0 Å². The Hall–Kier alpha value is -2.30. The normalized spacial score (nSPS) is 21.4. The molecule has 10 nitrogen and oxygen atoms in total. The Labute approximate surface area is 163 Å². The molecule has 10 heteroatoms. The molecule has 0 unspecified atom stereocenters. The zero-order chi connectivity index (χ0) is 18.8. The molecule has 2 aromatic rings. The first kappa shape index (κ1) is 17.8. The predicted octanol–water partition coefficient (Wildman–Crippen LogP) is -0.0704. The molecule has 3 saturated heterocycles. The van der Waals surface area contributed by atoms with Gasteiger partial charge in [-0.1, -0.05) is 0 Å². The lowest BCUT2D eigenvalue weighted by Crippen LogP contribution is -2.40. The van der Waals surface area contributed by atoms with Gasteiger partial charge in [-0.2, -0.15) is 15.0 Å². The summed E-state index contributed by atoms with van der Waals surface area (Å²) in [6, 6.07) is 0. The van der Waals surface area contributed by atoms with Gasteiger partial charge in [0.2, 0.25) is 11.9 Å². The maximum Gasteiger partial charge on any atom is 0.229 e. The van der Waals surface area contributed by atoms with Crippen LogP contribution in [0.25, 0.3) is 11.0 Å². The minimum absolute atomic E-state index is 0.689. The summed E-state index contributed by atoms with van der Waals surface area (Å²) in [6.45, 7) is 8.95. The number of hydrogen-bond donors (Lipinski definition) is 0. The second-order valence-corrected chi connectivity index (χ2v) is 7.05. The fraction of sp³-hybridized carbons (Fsp3) is 0.667. The molecule has 0 aliphatic carbocycles.